The molecule has 1 amide bonds. The van der Waals surface area contributed by atoms with Crippen LogP contribution in [0.4, 0.5) is 31.1 Å². The Kier molecular flexibility index (Phi) is 7.88. The number of hydrogen-bond acceptors (Lipinski definition) is 3. The quantitative estimate of drug-likeness (QED) is 0.258. The number of carbonyl (C=O) groups is 1. The monoisotopic (exact) mass is 516 g/mol. The number of aryl methyl sites for hydroxylation is 1. The van der Waals surface area contributed by atoms with Gasteiger partial charge in [0.05, 0.1) is 23.2 Å². The van der Waals surface area contributed by atoms with E-state index in [9.17, 15) is 36.2 Å². The summed E-state index contributed by atoms with van der Waals surface area (Å²) in [6.07, 6.45) is -10.7. The molecule has 2 aromatic carbocycles. The fourth-order valence-corrected chi connectivity index (χ4v) is 4.40. The van der Waals surface area contributed by atoms with Crippen LogP contribution in [0.15, 0.2) is 47.5 Å². The minimum atomic E-state index is -5.02. The third kappa shape index (κ3) is 6.59. The van der Waals surface area contributed by atoms with Gasteiger partial charge in [0.2, 0.25) is 0 Å². The van der Waals surface area contributed by atoms with Gasteiger partial charge in [0, 0.05) is 17.5 Å². The zero-order chi connectivity index (χ0) is 26.0. The number of halogens is 6. The SMILES string of the molecule is CCCSc1nc2c(C)cccc2cc1CN(Cc1cc(C(F)(F)F)cc(C(F)(F)F)c1)C(=O)O. The van der Waals surface area contributed by atoms with Crippen LogP contribution in [0.5, 0.6) is 0 Å². The molecule has 0 aliphatic heterocycles. The molecule has 1 heterocycles. The number of pyridine rings is 1. The van der Waals surface area contributed by atoms with E-state index in [1.54, 1.807) is 12.1 Å². The topological polar surface area (TPSA) is 53.4 Å². The number of aromatic nitrogens is 1. The van der Waals surface area contributed by atoms with Crippen molar-refractivity contribution < 1.29 is 36.2 Å². The molecular weight excluding hydrogens is 494 g/mol. The van der Waals surface area contributed by atoms with Gasteiger partial charge < -0.3 is 5.11 Å². The Balaban J connectivity index is 2.02. The number of rotatable bonds is 7. The molecule has 0 atom stereocenters. The minimum Gasteiger partial charge on any atom is -0.465 e. The van der Waals surface area contributed by atoms with Crippen molar-refractivity contribution in [2.45, 2.75) is 50.7 Å². The fraction of sp³-hybridized carbons (Fsp3) is 0.333. The summed E-state index contributed by atoms with van der Waals surface area (Å²) in [6.45, 7) is 2.94. The van der Waals surface area contributed by atoms with E-state index >= 15 is 0 Å². The zero-order valence-corrected chi connectivity index (χ0v) is 19.6. The summed E-state index contributed by atoms with van der Waals surface area (Å²) in [5.41, 5.74) is -1.21. The normalized spacial score (nSPS) is 12.2. The summed E-state index contributed by atoms with van der Waals surface area (Å²) in [5.74, 6) is 0.701. The van der Waals surface area contributed by atoms with Crippen molar-refractivity contribution in [3.05, 3.63) is 70.3 Å². The molecule has 188 valence electrons. The second-order valence-electron chi connectivity index (χ2n) is 8.00. The highest BCUT2D eigenvalue weighted by molar-refractivity contribution is 7.99. The van der Waals surface area contributed by atoms with Crippen LogP contribution in [-0.2, 0) is 25.4 Å². The standard InChI is InChI=1S/C24H22F6N2O2S/c1-3-7-35-21-17(10-16-6-4-5-14(2)20(16)31-21)13-32(22(33)34)12-15-8-18(23(25,26)27)11-19(9-15)24(28,29)30/h4-6,8-11H,3,7,12-13H2,1-2H3,(H,33,34). The van der Waals surface area contributed by atoms with Crippen LogP contribution in [0.2, 0.25) is 0 Å². The van der Waals surface area contributed by atoms with Crippen molar-refractivity contribution in [1.82, 2.24) is 9.88 Å². The Bertz CT molecular complexity index is 1190. The molecule has 1 N–H and O–H groups in total. The summed E-state index contributed by atoms with van der Waals surface area (Å²) in [7, 11) is 0. The lowest BCUT2D eigenvalue weighted by Gasteiger charge is -2.22. The number of para-hydroxylation sites is 1. The van der Waals surface area contributed by atoms with Gasteiger partial charge in [0.15, 0.2) is 0 Å². The second kappa shape index (κ2) is 10.3. The lowest BCUT2D eigenvalue weighted by atomic mass is 10.0. The van der Waals surface area contributed by atoms with E-state index in [-0.39, 0.29) is 12.6 Å². The highest BCUT2D eigenvalue weighted by Crippen LogP contribution is 2.37. The molecule has 0 aliphatic rings. The van der Waals surface area contributed by atoms with Crippen LogP contribution in [0.25, 0.3) is 10.9 Å². The Labute approximate surface area is 202 Å². The maximum absolute atomic E-state index is 13.2. The Morgan fingerprint density at radius 3 is 2.17 bits per heavy atom. The van der Waals surface area contributed by atoms with E-state index in [0.717, 1.165) is 27.8 Å². The minimum absolute atomic E-state index is 0.0175. The highest BCUT2D eigenvalue weighted by Gasteiger charge is 2.37. The molecule has 4 nitrogen and oxygen atoms in total. The van der Waals surface area contributed by atoms with Gasteiger partial charge in [-0.3, -0.25) is 4.90 Å². The van der Waals surface area contributed by atoms with Crippen molar-refractivity contribution in [2.24, 2.45) is 0 Å². The van der Waals surface area contributed by atoms with Crippen molar-refractivity contribution in [2.75, 3.05) is 5.75 Å². The third-order valence-electron chi connectivity index (χ3n) is 5.18. The third-order valence-corrected chi connectivity index (χ3v) is 6.42. The van der Waals surface area contributed by atoms with E-state index in [1.165, 1.54) is 11.8 Å². The fourth-order valence-electron chi connectivity index (χ4n) is 3.54. The van der Waals surface area contributed by atoms with Crippen LogP contribution in [0, 0.1) is 6.92 Å². The zero-order valence-electron chi connectivity index (χ0n) is 18.8. The predicted octanol–water partition coefficient (Wildman–Crippen LogP) is 7.76. The number of hydrogen-bond donors (Lipinski definition) is 1. The number of benzene rings is 2. The Hall–Kier alpha value is -2.95. The molecular formula is C24H22F6N2O2S. The van der Waals surface area contributed by atoms with E-state index in [4.69, 9.17) is 0 Å². The Morgan fingerprint density at radius 1 is 1.00 bits per heavy atom. The Morgan fingerprint density at radius 2 is 1.63 bits per heavy atom. The summed E-state index contributed by atoms with van der Waals surface area (Å²) in [5, 5.41) is 11.1. The molecule has 0 radical (unpaired) electrons. The number of fused-ring (bicyclic) bond motifs is 1. The average Bonchev–Trinajstić information content (AvgIpc) is 2.76. The van der Waals surface area contributed by atoms with E-state index in [1.807, 2.05) is 26.0 Å². The summed E-state index contributed by atoms with van der Waals surface area (Å²) < 4.78 is 79.3. The number of carboxylic acid groups (broad SMARTS) is 1. The highest BCUT2D eigenvalue weighted by atomic mass is 32.2. The van der Waals surface area contributed by atoms with Gasteiger partial charge >= 0.3 is 18.4 Å². The molecule has 0 spiro atoms. The van der Waals surface area contributed by atoms with Crippen LogP contribution in [0.3, 0.4) is 0 Å². The van der Waals surface area contributed by atoms with Crippen LogP contribution < -0.4 is 0 Å². The first-order valence-corrected chi connectivity index (χ1v) is 11.6. The second-order valence-corrected chi connectivity index (χ2v) is 9.08. The first kappa shape index (κ1) is 26.7. The lowest BCUT2D eigenvalue weighted by molar-refractivity contribution is -0.143. The molecule has 0 unspecified atom stereocenters. The van der Waals surface area contributed by atoms with Crippen molar-refractivity contribution in [3.63, 3.8) is 0 Å². The maximum atomic E-state index is 13.2. The molecule has 0 saturated heterocycles. The number of thioether (sulfide) groups is 1. The van der Waals surface area contributed by atoms with Gasteiger partial charge in [0.1, 0.15) is 5.03 Å². The van der Waals surface area contributed by atoms with Gasteiger partial charge in [-0.15, -0.1) is 11.8 Å². The van der Waals surface area contributed by atoms with E-state index in [0.29, 0.717) is 28.5 Å². The number of alkyl halides is 6. The van der Waals surface area contributed by atoms with Crippen LogP contribution in [0.1, 0.15) is 41.2 Å². The van der Waals surface area contributed by atoms with Gasteiger partial charge in [-0.05, 0) is 54.5 Å². The largest absolute Gasteiger partial charge is 0.465 e. The molecule has 35 heavy (non-hydrogen) atoms. The molecule has 11 heteroatoms. The first-order chi connectivity index (χ1) is 16.3. The molecule has 1 aromatic heterocycles. The van der Waals surface area contributed by atoms with Crippen molar-refractivity contribution in [3.8, 4) is 0 Å². The van der Waals surface area contributed by atoms with E-state index < -0.39 is 41.7 Å². The van der Waals surface area contributed by atoms with Crippen molar-refractivity contribution in [1.29, 1.82) is 0 Å². The van der Waals surface area contributed by atoms with Gasteiger partial charge in [-0.1, -0.05) is 25.1 Å². The van der Waals surface area contributed by atoms with Gasteiger partial charge in [-0.2, -0.15) is 26.3 Å². The van der Waals surface area contributed by atoms with Crippen LogP contribution in [-0.4, -0.2) is 26.8 Å². The van der Waals surface area contributed by atoms with E-state index in [2.05, 4.69) is 4.98 Å². The maximum Gasteiger partial charge on any atom is 0.416 e. The molecule has 0 bridgehead atoms. The molecule has 3 rings (SSSR count). The van der Waals surface area contributed by atoms with Crippen LogP contribution >= 0.6 is 11.8 Å². The summed E-state index contributed by atoms with van der Waals surface area (Å²) in [4.78, 5) is 17.4. The smallest absolute Gasteiger partial charge is 0.416 e. The molecule has 0 aliphatic carbocycles. The van der Waals surface area contributed by atoms with Crippen molar-refractivity contribution >= 4 is 28.8 Å². The summed E-state index contributed by atoms with van der Waals surface area (Å²) >= 11 is 1.41. The average molecular weight is 517 g/mol. The predicted molar refractivity (Wildman–Crippen MR) is 121 cm³/mol. The number of amides is 1. The molecule has 0 fully saturated rings. The van der Waals surface area contributed by atoms with Gasteiger partial charge in [-0.25, -0.2) is 9.78 Å². The first-order valence-electron chi connectivity index (χ1n) is 10.6. The lowest BCUT2D eigenvalue weighted by Crippen LogP contribution is -2.29. The summed E-state index contributed by atoms with van der Waals surface area (Å²) in [6, 6.07) is 8.37. The molecule has 3 aromatic rings. The molecule has 0 saturated carbocycles. The van der Waals surface area contributed by atoms with Gasteiger partial charge in [0.25, 0.3) is 0 Å². The number of nitrogens with zero attached hydrogens (tertiary/aromatic N) is 2.